The molecule has 5 rings (SSSR count). The summed E-state index contributed by atoms with van der Waals surface area (Å²) in [5.41, 5.74) is 9.46. The molecule has 1 fully saturated rings. The van der Waals surface area contributed by atoms with E-state index in [0.717, 1.165) is 54.3 Å². The number of nitrogens with one attached hydrogen (secondary N) is 2. The molecular formula is C23H24F3N7O. The largest absolute Gasteiger partial charge is 0.471 e. The van der Waals surface area contributed by atoms with Crippen LogP contribution in [0.4, 0.5) is 24.7 Å². The van der Waals surface area contributed by atoms with Crippen molar-refractivity contribution in [2.75, 3.05) is 11.1 Å². The van der Waals surface area contributed by atoms with Crippen molar-refractivity contribution in [3.63, 3.8) is 0 Å². The predicted molar refractivity (Wildman–Crippen MR) is 122 cm³/mol. The number of hydrogen-bond acceptors (Lipinski definition) is 6. The number of carbonyl (C=O) groups is 1. The van der Waals surface area contributed by atoms with Crippen LogP contribution in [0.5, 0.6) is 0 Å². The zero-order valence-corrected chi connectivity index (χ0v) is 18.3. The Morgan fingerprint density at radius 3 is 2.91 bits per heavy atom. The Morgan fingerprint density at radius 1 is 1.24 bits per heavy atom. The predicted octanol–water partition coefficient (Wildman–Crippen LogP) is 3.95. The lowest BCUT2D eigenvalue weighted by molar-refractivity contribution is -0.171. The van der Waals surface area contributed by atoms with Gasteiger partial charge in [-0.15, -0.1) is 0 Å². The number of rotatable bonds is 4. The second kappa shape index (κ2) is 8.62. The molecule has 11 heteroatoms. The molecule has 34 heavy (non-hydrogen) atoms. The van der Waals surface area contributed by atoms with E-state index in [9.17, 15) is 18.0 Å². The third-order valence-electron chi connectivity index (χ3n) is 6.61. The Labute approximate surface area is 193 Å². The molecule has 2 aliphatic rings. The minimum atomic E-state index is -4.96. The second-order valence-electron chi connectivity index (χ2n) is 8.82. The van der Waals surface area contributed by atoms with Crippen LogP contribution in [0, 0.1) is 5.92 Å². The molecule has 4 N–H and O–H groups in total. The number of aryl methyl sites for hydroxylation is 1. The Bertz CT molecular complexity index is 1270. The number of aliphatic imine (C=N–C) groups is 1. The third-order valence-corrected chi connectivity index (χ3v) is 6.61. The lowest BCUT2D eigenvalue weighted by Crippen LogP contribution is -2.44. The van der Waals surface area contributed by atoms with Crippen molar-refractivity contribution in [1.29, 1.82) is 0 Å². The maximum atomic E-state index is 12.5. The van der Waals surface area contributed by atoms with Crippen LogP contribution >= 0.6 is 0 Å². The van der Waals surface area contributed by atoms with Gasteiger partial charge < -0.3 is 15.6 Å². The highest BCUT2D eigenvalue weighted by Gasteiger charge is 2.39. The summed E-state index contributed by atoms with van der Waals surface area (Å²) in [4.78, 5) is 23.6. The van der Waals surface area contributed by atoms with E-state index in [1.165, 1.54) is 6.33 Å². The number of nitrogens with two attached hydrogens (primary N) is 1. The van der Waals surface area contributed by atoms with E-state index in [1.54, 1.807) is 5.32 Å². The van der Waals surface area contributed by atoms with Gasteiger partial charge in [-0.3, -0.25) is 10.1 Å². The fraction of sp³-hybridized carbons (Fsp3) is 0.391. The standard InChI is InChI=1S/C23H24F3N7O/c24-23(25,26)21(34)32-22-28-11-15-5-3-14(10-18(15)31-22)2-1-13-4-6-16(9-13)33-8-7-17-19(27)29-12-30-20(17)33/h3,5,7-8,10,12-13,16H,1-2,4,6,9,11H2,(H2,27,29,30)(H2,28,31,32,34). The van der Waals surface area contributed by atoms with Gasteiger partial charge in [-0.05, 0) is 61.3 Å². The molecule has 1 aromatic carbocycles. The summed E-state index contributed by atoms with van der Waals surface area (Å²) in [6.07, 6.45) is 3.68. The van der Waals surface area contributed by atoms with Crippen molar-refractivity contribution in [2.45, 2.75) is 50.9 Å². The third kappa shape index (κ3) is 4.42. The lowest BCUT2D eigenvalue weighted by atomic mass is 9.96. The molecule has 2 unspecified atom stereocenters. The van der Waals surface area contributed by atoms with Gasteiger partial charge in [-0.1, -0.05) is 12.1 Å². The molecule has 1 saturated carbocycles. The van der Waals surface area contributed by atoms with Gasteiger partial charge in [0.2, 0.25) is 5.96 Å². The molecule has 1 aliphatic carbocycles. The topological polar surface area (TPSA) is 110 Å². The molecule has 2 aromatic heterocycles. The summed E-state index contributed by atoms with van der Waals surface area (Å²) < 4.78 is 39.7. The zero-order valence-electron chi connectivity index (χ0n) is 18.3. The molecule has 0 spiro atoms. The van der Waals surface area contributed by atoms with Crippen molar-refractivity contribution < 1.29 is 18.0 Å². The fourth-order valence-corrected chi connectivity index (χ4v) is 4.83. The van der Waals surface area contributed by atoms with Crippen LogP contribution in [0.25, 0.3) is 11.0 Å². The average molecular weight is 471 g/mol. The van der Waals surface area contributed by atoms with E-state index in [4.69, 9.17) is 5.73 Å². The summed E-state index contributed by atoms with van der Waals surface area (Å²) in [7, 11) is 0. The molecule has 178 valence electrons. The molecule has 3 heterocycles. The van der Waals surface area contributed by atoms with Gasteiger partial charge in [-0.25, -0.2) is 15.0 Å². The first-order valence-corrected chi connectivity index (χ1v) is 11.2. The first kappa shape index (κ1) is 22.2. The molecule has 1 aliphatic heterocycles. The zero-order chi connectivity index (χ0) is 23.9. The molecule has 0 bridgehead atoms. The van der Waals surface area contributed by atoms with Gasteiger partial charge in [0.15, 0.2) is 0 Å². The Hall–Kier alpha value is -3.63. The summed E-state index contributed by atoms with van der Waals surface area (Å²) >= 11 is 0. The first-order valence-electron chi connectivity index (χ1n) is 11.2. The first-order chi connectivity index (χ1) is 16.3. The number of hydrogen-bond donors (Lipinski definition) is 3. The Kier molecular flexibility index (Phi) is 5.62. The van der Waals surface area contributed by atoms with Crippen molar-refractivity contribution in [1.82, 2.24) is 19.9 Å². The van der Waals surface area contributed by atoms with Crippen molar-refractivity contribution in [3.8, 4) is 0 Å². The Balaban J connectivity index is 1.19. The van der Waals surface area contributed by atoms with Gasteiger partial charge in [0.05, 0.1) is 11.9 Å². The van der Waals surface area contributed by atoms with Crippen LogP contribution in [0.3, 0.4) is 0 Å². The number of alkyl halides is 3. The number of guanidine groups is 1. The normalized spacial score (nSPS) is 20.0. The number of nitrogen functional groups attached to an aromatic ring is 1. The quantitative estimate of drug-likeness (QED) is 0.534. The summed E-state index contributed by atoms with van der Waals surface area (Å²) in [6, 6.07) is 8.22. The summed E-state index contributed by atoms with van der Waals surface area (Å²) in [5, 5.41) is 5.47. The van der Waals surface area contributed by atoms with E-state index in [2.05, 4.69) is 24.8 Å². The van der Waals surface area contributed by atoms with Crippen LogP contribution in [0.15, 0.2) is 41.8 Å². The fourth-order valence-electron chi connectivity index (χ4n) is 4.83. The maximum Gasteiger partial charge on any atom is 0.471 e. The second-order valence-corrected chi connectivity index (χ2v) is 8.82. The monoisotopic (exact) mass is 471 g/mol. The van der Waals surface area contributed by atoms with Crippen LogP contribution < -0.4 is 16.4 Å². The number of aromatic nitrogens is 3. The highest BCUT2D eigenvalue weighted by atomic mass is 19.4. The molecular weight excluding hydrogens is 447 g/mol. The van der Waals surface area contributed by atoms with E-state index in [1.807, 2.05) is 30.5 Å². The number of fused-ring (bicyclic) bond motifs is 2. The number of anilines is 2. The highest BCUT2D eigenvalue weighted by Crippen LogP contribution is 2.39. The van der Waals surface area contributed by atoms with Gasteiger partial charge in [0.25, 0.3) is 0 Å². The van der Waals surface area contributed by atoms with Gasteiger partial charge in [0, 0.05) is 17.9 Å². The van der Waals surface area contributed by atoms with Crippen LogP contribution in [0.2, 0.25) is 0 Å². The lowest BCUT2D eigenvalue weighted by Gasteiger charge is -2.20. The van der Waals surface area contributed by atoms with Crippen LogP contribution in [0.1, 0.15) is 42.9 Å². The number of nitrogens with zero attached hydrogens (tertiary/aromatic N) is 4. The van der Waals surface area contributed by atoms with Gasteiger partial charge in [0.1, 0.15) is 17.8 Å². The van der Waals surface area contributed by atoms with Crippen LogP contribution in [-0.2, 0) is 17.8 Å². The molecule has 8 nitrogen and oxygen atoms in total. The average Bonchev–Trinajstić information content (AvgIpc) is 3.44. The molecule has 2 atom stereocenters. The van der Waals surface area contributed by atoms with E-state index >= 15 is 0 Å². The number of carbonyl (C=O) groups excluding carboxylic acids is 1. The summed E-state index contributed by atoms with van der Waals surface area (Å²) in [6.45, 7) is 0.208. The van der Waals surface area contributed by atoms with Crippen LogP contribution in [-0.4, -0.2) is 32.6 Å². The van der Waals surface area contributed by atoms with Gasteiger partial charge in [-0.2, -0.15) is 13.2 Å². The smallest absolute Gasteiger partial charge is 0.383 e. The minimum Gasteiger partial charge on any atom is -0.383 e. The minimum absolute atomic E-state index is 0.186. The van der Waals surface area contributed by atoms with Gasteiger partial charge >= 0.3 is 12.1 Å². The van der Waals surface area contributed by atoms with Crippen molar-refractivity contribution in [2.24, 2.45) is 10.9 Å². The van der Waals surface area contributed by atoms with E-state index < -0.39 is 12.1 Å². The number of amides is 1. The molecule has 1 amide bonds. The van der Waals surface area contributed by atoms with E-state index in [0.29, 0.717) is 23.5 Å². The number of halogens is 3. The highest BCUT2D eigenvalue weighted by molar-refractivity contribution is 6.06. The maximum absolute atomic E-state index is 12.5. The molecule has 0 saturated heterocycles. The Morgan fingerprint density at radius 2 is 2.09 bits per heavy atom. The van der Waals surface area contributed by atoms with Crippen molar-refractivity contribution in [3.05, 3.63) is 47.9 Å². The molecule has 0 radical (unpaired) electrons. The summed E-state index contributed by atoms with van der Waals surface area (Å²) in [5.74, 6) is -1.17. The number of benzene rings is 1. The molecule has 3 aromatic rings. The SMILES string of the molecule is Nc1ncnc2c1ccn2C1CCC(CCc2ccc3c(c2)NC(NC(=O)C(F)(F)F)=NC3)C1. The van der Waals surface area contributed by atoms with E-state index in [-0.39, 0.29) is 12.5 Å². The van der Waals surface area contributed by atoms with Crippen molar-refractivity contribution >= 4 is 34.4 Å².